The van der Waals surface area contributed by atoms with Gasteiger partial charge in [0.25, 0.3) is 0 Å². The van der Waals surface area contributed by atoms with Crippen LogP contribution in [0.2, 0.25) is 0 Å². The van der Waals surface area contributed by atoms with Crippen LogP contribution in [-0.2, 0) is 0 Å². The fourth-order valence-electron chi connectivity index (χ4n) is 6.70. The van der Waals surface area contributed by atoms with Crippen LogP contribution in [0.1, 0.15) is 16.7 Å². The Morgan fingerprint density at radius 1 is 0.375 bits per heavy atom. The molecule has 7 aromatic carbocycles. The molecule has 0 saturated carbocycles. The van der Waals surface area contributed by atoms with E-state index in [1.165, 1.54) is 5.56 Å². The first kappa shape index (κ1) is 27.8. The highest BCUT2D eigenvalue weighted by atomic mass is 16.3. The second-order valence-corrected chi connectivity index (χ2v) is 12.1. The van der Waals surface area contributed by atoms with Crippen LogP contribution >= 0.6 is 0 Å². The van der Waals surface area contributed by atoms with Gasteiger partial charge in [-0.3, -0.25) is 0 Å². The van der Waals surface area contributed by atoms with E-state index in [4.69, 9.17) is 14.2 Å². The molecule has 9 rings (SSSR count). The van der Waals surface area contributed by atoms with Crippen LogP contribution in [0.3, 0.4) is 0 Å². The molecule has 2 aromatic heterocycles. The molecule has 3 nitrogen and oxygen atoms in total. The van der Waals surface area contributed by atoms with Gasteiger partial charge in [0, 0.05) is 27.6 Å². The highest BCUT2D eigenvalue weighted by Gasteiger charge is 2.16. The molecule has 226 valence electrons. The highest BCUT2D eigenvalue weighted by molar-refractivity contribution is 6.16. The molecule has 2 heterocycles. The molecule has 0 amide bonds. The maximum Gasteiger partial charge on any atom is 0.139 e. The molecule has 0 aliphatic rings. The summed E-state index contributed by atoms with van der Waals surface area (Å²) in [5, 5.41) is 13.2. The van der Waals surface area contributed by atoms with Crippen LogP contribution in [0.15, 0.2) is 179 Å². The fourth-order valence-corrected chi connectivity index (χ4v) is 6.70. The number of hydrogen-bond acceptors (Lipinski definition) is 3. The van der Waals surface area contributed by atoms with E-state index in [1.54, 1.807) is 0 Å². The van der Waals surface area contributed by atoms with E-state index in [1.807, 2.05) is 66.7 Å². The van der Waals surface area contributed by atoms with Gasteiger partial charge in [-0.1, -0.05) is 121 Å². The molecule has 0 aliphatic heterocycles. The van der Waals surface area contributed by atoms with Crippen molar-refractivity contribution >= 4 is 55.2 Å². The van der Waals surface area contributed by atoms with Crippen molar-refractivity contribution in [3.05, 3.63) is 187 Å². The monoisotopic (exact) mass is 615 g/mol. The van der Waals surface area contributed by atoms with Crippen LogP contribution in [0.4, 0.5) is 0 Å². The van der Waals surface area contributed by atoms with Crippen molar-refractivity contribution < 1.29 is 8.83 Å². The van der Waals surface area contributed by atoms with Crippen molar-refractivity contribution in [1.82, 2.24) is 0 Å². The lowest BCUT2D eigenvalue weighted by molar-refractivity contribution is 0.656. The Morgan fingerprint density at radius 3 is 1.48 bits per heavy atom. The molecule has 0 radical (unpaired) electrons. The minimum Gasteiger partial charge on any atom is -0.456 e. The Bertz CT molecular complexity index is 2660. The van der Waals surface area contributed by atoms with Gasteiger partial charge in [0.15, 0.2) is 0 Å². The Morgan fingerprint density at radius 2 is 0.854 bits per heavy atom. The summed E-state index contributed by atoms with van der Waals surface area (Å²) < 4.78 is 12.6. The molecule has 0 unspecified atom stereocenters. The fraction of sp³-hybridized carbons (Fsp3) is 0. The van der Waals surface area contributed by atoms with E-state index >= 15 is 0 Å². The average Bonchev–Trinajstić information content (AvgIpc) is 3.70. The molecule has 9 aromatic rings. The normalized spacial score (nSPS) is 12.0. The highest BCUT2D eigenvalue weighted by Crippen LogP contribution is 2.39. The summed E-state index contributed by atoms with van der Waals surface area (Å²) in [6.45, 7) is 0. The summed E-state index contributed by atoms with van der Waals surface area (Å²) >= 11 is 0. The zero-order valence-corrected chi connectivity index (χ0v) is 26.0. The Labute approximate surface area is 277 Å². The number of furan rings is 2. The van der Waals surface area contributed by atoms with E-state index in [0.29, 0.717) is 5.71 Å². The Balaban J connectivity index is 1.15. The predicted octanol–water partition coefficient (Wildman–Crippen LogP) is 12.3. The maximum absolute atomic E-state index is 8.88. The lowest BCUT2D eigenvalue weighted by atomic mass is 9.92. The van der Waals surface area contributed by atoms with Crippen molar-refractivity contribution in [3.63, 3.8) is 0 Å². The lowest BCUT2D eigenvalue weighted by Gasteiger charge is -2.12. The largest absolute Gasteiger partial charge is 0.456 e. The quantitative estimate of drug-likeness (QED) is 0.189. The molecule has 0 spiro atoms. The summed E-state index contributed by atoms with van der Waals surface area (Å²) in [6, 6.07) is 56.2. The average molecular weight is 616 g/mol. The molecular formula is C45H29NO2. The molecular weight excluding hydrogens is 587 g/mol. The third kappa shape index (κ3) is 4.90. The Kier molecular flexibility index (Phi) is 6.62. The first-order valence-electron chi connectivity index (χ1n) is 16.1. The van der Waals surface area contributed by atoms with Crippen molar-refractivity contribution in [3.8, 4) is 22.3 Å². The first-order valence-corrected chi connectivity index (χ1v) is 16.1. The summed E-state index contributed by atoms with van der Waals surface area (Å²) in [5.41, 5.74) is 12.3. The van der Waals surface area contributed by atoms with Crippen LogP contribution in [0.25, 0.3) is 71.7 Å². The second kappa shape index (κ2) is 11.4. The number of hydrogen-bond donors (Lipinski definition) is 1. The van der Waals surface area contributed by atoms with Gasteiger partial charge in [-0.05, 0) is 87.0 Å². The second-order valence-electron chi connectivity index (χ2n) is 12.1. The number of rotatable bonds is 6. The van der Waals surface area contributed by atoms with E-state index in [0.717, 1.165) is 82.8 Å². The number of allylic oxidation sites excluding steroid dienone is 1. The number of benzene rings is 7. The SMILES string of the molecule is N=C(/C=C(/c1ccccc1)c1cccc(-c2ccc3oc4cc5oc6ccc(-c7ccccc7)cc6c5cc4c3c2)c1)c1ccccc1. The predicted molar refractivity (Wildman–Crippen MR) is 199 cm³/mol. The summed E-state index contributed by atoms with van der Waals surface area (Å²) in [6.07, 6.45) is 1.97. The smallest absolute Gasteiger partial charge is 0.139 e. The third-order valence-corrected chi connectivity index (χ3v) is 9.13. The van der Waals surface area contributed by atoms with Gasteiger partial charge in [-0.2, -0.15) is 0 Å². The van der Waals surface area contributed by atoms with Gasteiger partial charge >= 0.3 is 0 Å². The van der Waals surface area contributed by atoms with Gasteiger partial charge in [0.05, 0.1) is 5.71 Å². The van der Waals surface area contributed by atoms with Crippen LogP contribution in [0, 0.1) is 5.41 Å². The summed E-state index contributed by atoms with van der Waals surface area (Å²) in [5.74, 6) is 0. The van der Waals surface area contributed by atoms with Gasteiger partial charge < -0.3 is 14.2 Å². The van der Waals surface area contributed by atoms with E-state index < -0.39 is 0 Å². The van der Waals surface area contributed by atoms with Crippen molar-refractivity contribution in [2.75, 3.05) is 0 Å². The maximum atomic E-state index is 8.88. The van der Waals surface area contributed by atoms with Gasteiger partial charge in [-0.25, -0.2) is 0 Å². The topological polar surface area (TPSA) is 50.1 Å². The molecule has 1 N–H and O–H groups in total. The summed E-state index contributed by atoms with van der Waals surface area (Å²) in [4.78, 5) is 0. The van der Waals surface area contributed by atoms with Gasteiger partial charge in [0.1, 0.15) is 22.3 Å². The zero-order chi connectivity index (χ0) is 32.0. The Hall–Kier alpha value is -6.45. The first-order chi connectivity index (χ1) is 23.7. The molecule has 0 aliphatic carbocycles. The van der Waals surface area contributed by atoms with Crippen LogP contribution < -0.4 is 0 Å². The molecule has 48 heavy (non-hydrogen) atoms. The molecule has 3 heteroatoms. The number of fused-ring (bicyclic) bond motifs is 6. The standard InChI is InChI=1S/C45H29NO2/c46-41(31-15-8-3-9-16-31)27-36(30-13-6-2-7-14-30)35-18-10-17-32(23-35)34-20-22-43-38(25-34)40-26-39-37-24-33(29-11-4-1-5-12-29)19-21-42(37)47-44(39)28-45(40)48-43/h1-28,46H/b36-27-,46-41?. The molecule has 0 bridgehead atoms. The van der Waals surface area contributed by atoms with E-state index in [2.05, 4.69) is 103 Å². The lowest BCUT2D eigenvalue weighted by Crippen LogP contribution is -1.98. The minimum absolute atomic E-state index is 0.472. The molecule has 0 saturated heterocycles. The molecule has 0 fully saturated rings. The van der Waals surface area contributed by atoms with Crippen LogP contribution in [0.5, 0.6) is 0 Å². The van der Waals surface area contributed by atoms with E-state index in [9.17, 15) is 0 Å². The van der Waals surface area contributed by atoms with Crippen molar-refractivity contribution in [1.29, 1.82) is 5.41 Å². The molecule has 0 atom stereocenters. The van der Waals surface area contributed by atoms with Crippen LogP contribution in [-0.4, -0.2) is 5.71 Å². The minimum atomic E-state index is 0.472. The van der Waals surface area contributed by atoms with Gasteiger partial charge in [0.2, 0.25) is 0 Å². The third-order valence-electron chi connectivity index (χ3n) is 9.13. The summed E-state index contributed by atoms with van der Waals surface area (Å²) in [7, 11) is 0. The van der Waals surface area contributed by atoms with Gasteiger partial charge in [-0.15, -0.1) is 0 Å². The van der Waals surface area contributed by atoms with Crippen molar-refractivity contribution in [2.24, 2.45) is 0 Å². The zero-order valence-electron chi connectivity index (χ0n) is 26.0. The number of nitrogens with one attached hydrogen (secondary N) is 1. The van der Waals surface area contributed by atoms with Crippen molar-refractivity contribution in [2.45, 2.75) is 0 Å². The van der Waals surface area contributed by atoms with E-state index in [-0.39, 0.29) is 0 Å².